The van der Waals surface area contributed by atoms with Gasteiger partial charge in [-0.2, -0.15) is 0 Å². The molecule has 5 heteroatoms. The molecule has 0 bridgehead atoms. The van der Waals surface area contributed by atoms with Crippen LogP contribution in [0, 0.1) is 0 Å². The van der Waals surface area contributed by atoms with Gasteiger partial charge in [-0.05, 0) is 13.0 Å². The van der Waals surface area contributed by atoms with E-state index in [-0.39, 0.29) is 18.2 Å². The summed E-state index contributed by atoms with van der Waals surface area (Å²) < 4.78 is 0. The third-order valence-electron chi connectivity index (χ3n) is 3.06. The largest absolute Gasteiger partial charge is 0.356 e. The monoisotopic (exact) mass is 241 g/mol. The smallest absolute Gasteiger partial charge is 0.232 e. The average molecular weight is 241 g/mol. The fourth-order valence-electron chi connectivity index (χ4n) is 1.89. The first-order chi connectivity index (χ1) is 8.17. The summed E-state index contributed by atoms with van der Waals surface area (Å²) in [7, 11) is 0. The van der Waals surface area contributed by atoms with E-state index in [9.17, 15) is 9.59 Å². The highest BCUT2D eigenvalue weighted by Gasteiger charge is 2.21. The van der Waals surface area contributed by atoms with E-state index in [2.05, 4.69) is 17.1 Å². The standard InChI is InChI=1S/C12H23N3O2/c1-3-5-13-11(16)10-12(17)15-8-6-14(4-2)7-9-15/h3-10H2,1-2H3,(H,13,16). The zero-order valence-electron chi connectivity index (χ0n) is 10.9. The fourth-order valence-corrected chi connectivity index (χ4v) is 1.89. The Kier molecular flexibility index (Phi) is 5.97. The average Bonchev–Trinajstić information content (AvgIpc) is 2.36. The van der Waals surface area contributed by atoms with Gasteiger partial charge in [-0.15, -0.1) is 0 Å². The molecule has 0 saturated carbocycles. The van der Waals surface area contributed by atoms with Crippen LogP contribution in [0.25, 0.3) is 0 Å². The van der Waals surface area contributed by atoms with Crippen LogP contribution < -0.4 is 5.32 Å². The van der Waals surface area contributed by atoms with Gasteiger partial charge in [0.25, 0.3) is 0 Å². The van der Waals surface area contributed by atoms with E-state index in [1.807, 2.05) is 6.92 Å². The SMILES string of the molecule is CCCNC(=O)CC(=O)N1CCN(CC)CC1. The summed E-state index contributed by atoms with van der Waals surface area (Å²) in [5.74, 6) is -0.205. The molecule has 98 valence electrons. The first kappa shape index (κ1) is 14.0. The predicted octanol–water partition coefficient (Wildman–Crippen LogP) is 0.0668. The van der Waals surface area contributed by atoms with E-state index >= 15 is 0 Å². The van der Waals surface area contributed by atoms with Crippen LogP contribution in [-0.2, 0) is 9.59 Å². The first-order valence-corrected chi connectivity index (χ1v) is 6.44. The summed E-state index contributed by atoms with van der Waals surface area (Å²) in [6.07, 6.45) is 0.890. The Balaban J connectivity index is 2.26. The molecule has 1 rings (SSSR count). The van der Waals surface area contributed by atoms with Gasteiger partial charge in [-0.3, -0.25) is 9.59 Å². The van der Waals surface area contributed by atoms with Crippen LogP contribution in [0.1, 0.15) is 26.7 Å². The highest BCUT2D eigenvalue weighted by atomic mass is 16.2. The number of carbonyl (C=O) groups excluding carboxylic acids is 2. The van der Waals surface area contributed by atoms with Crippen molar-refractivity contribution < 1.29 is 9.59 Å². The second-order valence-electron chi connectivity index (χ2n) is 4.34. The third kappa shape index (κ3) is 4.73. The van der Waals surface area contributed by atoms with Gasteiger partial charge in [0.05, 0.1) is 0 Å². The molecule has 2 amide bonds. The van der Waals surface area contributed by atoms with E-state index < -0.39 is 0 Å². The van der Waals surface area contributed by atoms with Crippen molar-refractivity contribution in [2.45, 2.75) is 26.7 Å². The van der Waals surface area contributed by atoms with E-state index in [1.54, 1.807) is 4.90 Å². The molecule has 0 spiro atoms. The van der Waals surface area contributed by atoms with Crippen molar-refractivity contribution >= 4 is 11.8 Å². The van der Waals surface area contributed by atoms with E-state index in [4.69, 9.17) is 0 Å². The number of piperazine rings is 1. The predicted molar refractivity (Wildman–Crippen MR) is 66.6 cm³/mol. The molecule has 1 heterocycles. The molecule has 0 aliphatic carbocycles. The van der Waals surface area contributed by atoms with Crippen LogP contribution in [0.2, 0.25) is 0 Å². The first-order valence-electron chi connectivity index (χ1n) is 6.44. The molecule has 1 aliphatic heterocycles. The Hall–Kier alpha value is -1.10. The Morgan fingerprint density at radius 1 is 1.12 bits per heavy atom. The Morgan fingerprint density at radius 2 is 1.76 bits per heavy atom. The molecule has 1 saturated heterocycles. The maximum absolute atomic E-state index is 11.8. The normalized spacial score (nSPS) is 16.9. The number of likely N-dealkylation sites (N-methyl/N-ethyl adjacent to an activating group) is 1. The molecule has 0 atom stereocenters. The highest BCUT2D eigenvalue weighted by molar-refractivity contribution is 5.96. The lowest BCUT2D eigenvalue weighted by Crippen LogP contribution is -2.49. The van der Waals surface area contributed by atoms with Gasteiger partial charge in [-0.1, -0.05) is 13.8 Å². The van der Waals surface area contributed by atoms with Crippen molar-refractivity contribution in [3.63, 3.8) is 0 Å². The lowest BCUT2D eigenvalue weighted by Gasteiger charge is -2.33. The molecule has 0 unspecified atom stereocenters. The van der Waals surface area contributed by atoms with Gasteiger partial charge in [0, 0.05) is 32.7 Å². The molecular weight excluding hydrogens is 218 g/mol. The molecule has 0 aromatic heterocycles. The van der Waals surface area contributed by atoms with Crippen LogP contribution in [0.5, 0.6) is 0 Å². The zero-order valence-corrected chi connectivity index (χ0v) is 10.9. The number of nitrogens with zero attached hydrogens (tertiary/aromatic N) is 2. The van der Waals surface area contributed by atoms with Crippen LogP contribution in [-0.4, -0.2) is 60.9 Å². The van der Waals surface area contributed by atoms with E-state index in [1.165, 1.54) is 0 Å². The molecule has 0 aromatic carbocycles. The Labute approximate surface area is 103 Å². The number of nitrogens with one attached hydrogen (secondary N) is 1. The molecular formula is C12H23N3O2. The van der Waals surface area contributed by atoms with Crippen molar-refractivity contribution in [2.24, 2.45) is 0 Å². The Morgan fingerprint density at radius 3 is 2.29 bits per heavy atom. The third-order valence-corrected chi connectivity index (χ3v) is 3.06. The number of hydrogen-bond acceptors (Lipinski definition) is 3. The van der Waals surface area contributed by atoms with Crippen LogP contribution in [0.4, 0.5) is 0 Å². The Bertz CT molecular complexity index is 260. The molecule has 5 nitrogen and oxygen atoms in total. The van der Waals surface area contributed by atoms with Gasteiger partial charge in [-0.25, -0.2) is 0 Å². The fraction of sp³-hybridized carbons (Fsp3) is 0.833. The lowest BCUT2D eigenvalue weighted by atomic mass is 10.2. The minimum atomic E-state index is -0.158. The van der Waals surface area contributed by atoms with Crippen molar-refractivity contribution in [3.8, 4) is 0 Å². The van der Waals surface area contributed by atoms with Crippen LogP contribution in [0.15, 0.2) is 0 Å². The minimum Gasteiger partial charge on any atom is -0.356 e. The van der Waals surface area contributed by atoms with Gasteiger partial charge in [0.2, 0.25) is 11.8 Å². The summed E-state index contributed by atoms with van der Waals surface area (Å²) in [5, 5.41) is 2.73. The minimum absolute atomic E-state index is 0.00781. The zero-order chi connectivity index (χ0) is 12.7. The van der Waals surface area contributed by atoms with Crippen LogP contribution >= 0.6 is 0 Å². The summed E-state index contributed by atoms with van der Waals surface area (Å²) in [6.45, 7) is 9.11. The quantitative estimate of drug-likeness (QED) is 0.693. The number of amides is 2. The van der Waals surface area contributed by atoms with Gasteiger partial charge < -0.3 is 15.1 Å². The molecule has 17 heavy (non-hydrogen) atoms. The lowest BCUT2D eigenvalue weighted by molar-refractivity contribution is -0.137. The van der Waals surface area contributed by atoms with Gasteiger partial charge in [0.15, 0.2) is 0 Å². The number of carbonyl (C=O) groups is 2. The summed E-state index contributed by atoms with van der Waals surface area (Å²) in [5.41, 5.74) is 0. The van der Waals surface area contributed by atoms with Crippen molar-refractivity contribution in [3.05, 3.63) is 0 Å². The van der Waals surface area contributed by atoms with E-state index in [0.717, 1.165) is 39.1 Å². The van der Waals surface area contributed by atoms with Crippen LogP contribution in [0.3, 0.4) is 0 Å². The van der Waals surface area contributed by atoms with Crippen molar-refractivity contribution in [1.82, 2.24) is 15.1 Å². The van der Waals surface area contributed by atoms with E-state index in [0.29, 0.717) is 6.54 Å². The second-order valence-corrected chi connectivity index (χ2v) is 4.34. The summed E-state index contributed by atoms with van der Waals surface area (Å²) in [4.78, 5) is 27.3. The molecule has 1 N–H and O–H groups in total. The van der Waals surface area contributed by atoms with Crippen molar-refractivity contribution in [1.29, 1.82) is 0 Å². The maximum atomic E-state index is 11.8. The van der Waals surface area contributed by atoms with Crippen molar-refractivity contribution in [2.75, 3.05) is 39.3 Å². The summed E-state index contributed by atoms with van der Waals surface area (Å²) >= 11 is 0. The maximum Gasteiger partial charge on any atom is 0.232 e. The number of hydrogen-bond donors (Lipinski definition) is 1. The highest BCUT2D eigenvalue weighted by Crippen LogP contribution is 2.03. The topological polar surface area (TPSA) is 52.7 Å². The molecule has 1 fully saturated rings. The second kappa shape index (κ2) is 7.27. The molecule has 0 radical (unpaired) electrons. The number of rotatable bonds is 5. The molecule has 1 aliphatic rings. The molecule has 0 aromatic rings. The van der Waals surface area contributed by atoms with Gasteiger partial charge >= 0.3 is 0 Å². The van der Waals surface area contributed by atoms with Gasteiger partial charge in [0.1, 0.15) is 6.42 Å². The summed E-state index contributed by atoms with van der Waals surface area (Å²) in [6, 6.07) is 0.